The fourth-order valence-corrected chi connectivity index (χ4v) is 5.75. The fraction of sp³-hybridized carbons (Fsp3) is 0.704. The van der Waals surface area contributed by atoms with Crippen molar-refractivity contribution in [2.75, 3.05) is 19.8 Å². The van der Waals surface area contributed by atoms with Crippen molar-refractivity contribution in [3.05, 3.63) is 29.3 Å². The molecule has 190 valence electrons. The van der Waals surface area contributed by atoms with Crippen LogP contribution in [-0.4, -0.2) is 54.2 Å². The van der Waals surface area contributed by atoms with Gasteiger partial charge in [0.1, 0.15) is 18.5 Å². The first-order valence-electron chi connectivity index (χ1n) is 12.8. The molecule has 1 fully saturated rings. The lowest BCUT2D eigenvalue weighted by Crippen LogP contribution is -2.29. The molecule has 2 N–H and O–H groups in total. The second-order valence-corrected chi connectivity index (χ2v) is 9.70. The number of carboxylic acid groups (broad SMARTS) is 1. The van der Waals surface area contributed by atoms with Gasteiger partial charge in [0.15, 0.2) is 6.61 Å². The van der Waals surface area contributed by atoms with Crippen LogP contribution < -0.4 is 4.74 Å². The van der Waals surface area contributed by atoms with Gasteiger partial charge in [-0.05, 0) is 86.8 Å². The number of benzene rings is 1. The molecule has 0 spiro atoms. The summed E-state index contributed by atoms with van der Waals surface area (Å²) < 4.78 is 16.5. The van der Waals surface area contributed by atoms with Crippen molar-refractivity contribution in [1.29, 1.82) is 0 Å². The molecule has 0 aromatic heterocycles. The van der Waals surface area contributed by atoms with Crippen LogP contribution in [-0.2, 0) is 31.9 Å². The van der Waals surface area contributed by atoms with Gasteiger partial charge in [0.05, 0.1) is 6.10 Å². The zero-order valence-corrected chi connectivity index (χ0v) is 20.5. The first-order valence-corrected chi connectivity index (χ1v) is 12.8. The predicted octanol–water partition coefficient (Wildman–Crippen LogP) is 4.17. The van der Waals surface area contributed by atoms with E-state index < -0.39 is 5.97 Å². The molecule has 34 heavy (non-hydrogen) atoms. The van der Waals surface area contributed by atoms with Crippen LogP contribution >= 0.6 is 0 Å². The minimum atomic E-state index is -0.988. The van der Waals surface area contributed by atoms with Crippen molar-refractivity contribution in [1.82, 2.24) is 0 Å². The summed E-state index contributed by atoms with van der Waals surface area (Å²) >= 11 is 0. The highest BCUT2D eigenvalue weighted by Crippen LogP contribution is 2.48. The summed E-state index contributed by atoms with van der Waals surface area (Å²) in [5.74, 6) is 0.232. The van der Waals surface area contributed by atoms with Crippen LogP contribution in [0.5, 0.6) is 5.75 Å². The summed E-state index contributed by atoms with van der Waals surface area (Å²) in [6.07, 6.45) is 7.55. The van der Waals surface area contributed by atoms with Crippen molar-refractivity contribution in [3.8, 4) is 5.75 Å². The van der Waals surface area contributed by atoms with E-state index >= 15 is 0 Å². The van der Waals surface area contributed by atoms with Gasteiger partial charge >= 0.3 is 11.9 Å². The van der Waals surface area contributed by atoms with Crippen LogP contribution in [0.25, 0.3) is 0 Å². The highest BCUT2D eigenvalue weighted by Gasteiger charge is 2.45. The van der Waals surface area contributed by atoms with Gasteiger partial charge in [0, 0.05) is 6.61 Å². The van der Waals surface area contributed by atoms with E-state index in [4.69, 9.17) is 19.3 Å². The number of fused-ring (bicyclic) bond motifs is 2. The number of unbranched alkanes of at least 4 members (excludes halogenated alkanes) is 2. The highest BCUT2D eigenvalue weighted by molar-refractivity contribution is 5.70. The van der Waals surface area contributed by atoms with Gasteiger partial charge < -0.3 is 24.4 Å². The summed E-state index contributed by atoms with van der Waals surface area (Å²) in [5.41, 5.74) is 2.27. The van der Waals surface area contributed by atoms with Crippen LogP contribution in [0, 0.1) is 17.8 Å². The third-order valence-corrected chi connectivity index (χ3v) is 7.37. The maximum atomic E-state index is 12.2. The maximum Gasteiger partial charge on any atom is 0.341 e. The van der Waals surface area contributed by atoms with Gasteiger partial charge in [-0.1, -0.05) is 31.9 Å². The van der Waals surface area contributed by atoms with E-state index in [-0.39, 0.29) is 37.3 Å². The van der Waals surface area contributed by atoms with E-state index in [1.54, 1.807) is 0 Å². The maximum absolute atomic E-state index is 12.2. The molecule has 0 aliphatic heterocycles. The largest absolute Gasteiger partial charge is 0.482 e. The Morgan fingerprint density at radius 2 is 1.94 bits per heavy atom. The van der Waals surface area contributed by atoms with Crippen molar-refractivity contribution in [3.63, 3.8) is 0 Å². The van der Waals surface area contributed by atoms with E-state index in [2.05, 4.69) is 13.0 Å². The van der Waals surface area contributed by atoms with E-state index in [0.29, 0.717) is 24.2 Å². The Balaban J connectivity index is 1.63. The van der Waals surface area contributed by atoms with E-state index in [1.165, 1.54) is 5.56 Å². The van der Waals surface area contributed by atoms with Crippen molar-refractivity contribution >= 4 is 11.9 Å². The molecule has 1 aromatic rings. The number of aliphatic hydroxyl groups is 1. The first kappa shape index (κ1) is 26.5. The van der Waals surface area contributed by atoms with E-state index in [0.717, 1.165) is 63.4 Å². The molecule has 0 amide bonds. The number of rotatable bonds is 14. The summed E-state index contributed by atoms with van der Waals surface area (Å²) in [4.78, 5) is 23.1. The molecular formula is C27H40O7. The van der Waals surface area contributed by atoms with Gasteiger partial charge in [-0.15, -0.1) is 0 Å². The van der Waals surface area contributed by atoms with Gasteiger partial charge in [-0.25, -0.2) is 9.59 Å². The summed E-state index contributed by atoms with van der Waals surface area (Å²) in [6, 6.07) is 5.84. The van der Waals surface area contributed by atoms with E-state index in [1.807, 2.05) is 19.1 Å². The molecule has 0 saturated heterocycles. The number of aliphatic carboxylic acids is 1. The molecule has 0 radical (unpaired) electrons. The summed E-state index contributed by atoms with van der Waals surface area (Å²) in [7, 11) is 0. The Hall–Kier alpha value is -2.12. The molecule has 7 nitrogen and oxygen atoms in total. The second kappa shape index (κ2) is 13.1. The monoisotopic (exact) mass is 476 g/mol. The predicted molar refractivity (Wildman–Crippen MR) is 128 cm³/mol. The molecule has 1 aromatic carbocycles. The Bertz CT molecular complexity index is 808. The zero-order chi connectivity index (χ0) is 24.5. The second-order valence-electron chi connectivity index (χ2n) is 9.70. The zero-order valence-electron chi connectivity index (χ0n) is 20.5. The van der Waals surface area contributed by atoms with E-state index in [9.17, 15) is 14.7 Å². The lowest BCUT2D eigenvalue weighted by Gasteiger charge is -2.32. The Morgan fingerprint density at radius 1 is 1.12 bits per heavy atom. The minimum Gasteiger partial charge on any atom is -0.482 e. The smallest absolute Gasteiger partial charge is 0.341 e. The number of carbonyl (C=O) groups excluding carboxylic acids is 1. The van der Waals surface area contributed by atoms with Gasteiger partial charge in [0.25, 0.3) is 0 Å². The van der Waals surface area contributed by atoms with Gasteiger partial charge in [-0.2, -0.15) is 0 Å². The molecule has 5 unspecified atom stereocenters. The summed E-state index contributed by atoms with van der Waals surface area (Å²) in [6.45, 7) is 4.13. The third-order valence-electron chi connectivity index (χ3n) is 7.37. The Kier molecular flexibility index (Phi) is 10.2. The number of hydrogen-bond acceptors (Lipinski definition) is 6. The van der Waals surface area contributed by atoms with Gasteiger partial charge in [-0.3, -0.25) is 0 Å². The quantitative estimate of drug-likeness (QED) is 0.307. The first-order chi connectivity index (χ1) is 16.4. The lowest BCUT2D eigenvalue weighted by atomic mass is 9.73. The number of aliphatic hydroxyl groups excluding tert-OH is 1. The number of carboxylic acids is 1. The normalized spacial score (nSPS) is 24.2. The fourth-order valence-electron chi connectivity index (χ4n) is 5.75. The topological polar surface area (TPSA) is 102 Å². The number of ether oxygens (including phenoxy) is 3. The molecule has 0 bridgehead atoms. The molecule has 1 saturated carbocycles. The lowest BCUT2D eigenvalue weighted by molar-refractivity contribution is -0.155. The molecular weight excluding hydrogens is 436 g/mol. The molecule has 7 heteroatoms. The molecule has 5 atom stereocenters. The third kappa shape index (κ3) is 7.19. The van der Waals surface area contributed by atoms with Crippen molar-refractivity contribution < 1.29 is 34.0 Å². The van der Waals surface area contributed by atoms with Crippen LogP contribution in [0.2, 0.25) is 0 Å². The molecule has 2 aliphatic rings. The van der Waals surface area contributed by atoms with Gasteiger partial charge in [0.2, 0.25) is 0 Å². The number of carbonyl (C=O) groups is 2. The Labute approximate surface area is 202 Å². The van der Waals surface area contributed by atoms with Crippen LogP contribution in [0.4, 0.5) is 0 Å². The standard InChI is InChI=1S/C27H40O7/c1-3-5-6-9-20(34-27(31)17-32-4-2)11-12-21-22-13-18-8-7-10-25(33-16-26(29)30)23(18)14-19(22)15-24(21)28/h7-8,10,19-22,24,28H,3-6,9,11-17H2,1-2H3,(H,29,30). The molecule has 2 aliphatic carbocycles. The highest BCUT2D eigenvalue weighted by atomic mass is 16.6. The SMILES string of the molecule is CCCCCC(CCC1C(O)CC2Cc3c(cccc3OCC(=O)O)CC21)OC(=O)COCC. The number of hydrogen-bond donors (Lipinski definition) is 2. The molecule has 3 rings (SSSR count). The van der Waals surface area contributed by atoms with Crippen LogP contribution in [0.15, 0.2) is 18.2 Å². The minimum absolute atomic E-state index is 0.0133. The van der Waals surface area contributed by atoms with Crippen LogP contribution in [0.3, 0.4) is 0 Å². The van der Waals surface area contributed by atoms with Crippen LogP contribution in [0.1, 0.15) is 69.9 Å². The average Bonchev–Trinajstić information content (AvgIpc) is 3.12. The number of esters is 1. The summed E-state index contributed by atoms with van der Waals surface area (Å²) in [5, 5.41) is 19.9. The Morgan fingerprint density at radius 3 is 2.68 bits per heavy atom. The van der Waals surface area contributed by atoms with Crippen molar-refractivity contribution in [2.45, 2.75) is 83.8 Å². The molecule has 0 heterocycles. The average molecular weight is 477 g/mol. The van der Waals surface area contributed by atoms with Crippen molar-refractivity contribution in [2.24, 2.45) is 17.8 Å².